The number of sulfone groups is 1. The predicted octanol–water partition coefficient (Wildman–Crippen LogP) is 0.915. The molecule has 1 amide bonds. The molecule has 1 aliphatic heterocycles. The Balaban J connectivity index is 2.13. The molecule has 0 saturated carbocycles. The van der Waals surface area contributed by atoms with Crippen LogP contribution in [0.5, 0.6) is 0 Å². The van der Waals surface area contributed by atoms with Gasteiger partial charge in [0.2, 0.25) is 15.7 Å². The maximum absolute atomic E-state index is 12.7. The first kappa shape index (κ1) is 17.8. The van der Waals surface area contributed by atoms with Gasteiger partial charge in [0, 0.05) is 25.7 Å². The Labute approximate surface area is 133 Å². The fraction of sp³-hybridized carbons (Fsp3) is 0.500. The van der Waals surface area contributed by atoms with E-state index in [0.29, 0.717) is 6.54 Å². The number of nitrogens with zero attached hydrogens (tertiary/aromatic N) is 1. The summed E-state index contributed by atoms with van der Waals surface area (Å²) in [4.78, 5) is 13.5. The first-order chi connectivity index (χ1) is 10.8. The van der Waals surface area contributed by atoms with Crippen LogP contribution in [0.25, 0.3) is 0 Å². The van der Waals surface area contributed by atoms with Gasteiger partial charge in [0.15, 0.2) is 0 Å². The monoisotopic (exact) mass is 347 g/mol. The molecule has 128 valence electrons. The number of carbonyl (C=O) groups is 1. The minimum absolute atomic E-state index is 0.0753. The van der Waals surface area contributed by atoms with Crippen LogP contribution in [0, 0.1) is 0 Å². The van der Waals surface area contributed by atoms with Gasteiger partial charge >= 0.3 is 5.76 Å². The highest BCUT2D eigenvalue weighted by Crippen LogP contribution is 2.26. The van der Waals surface area contributed by atoms with Gasteiger partial charge in [-0.2, -0.15) is 8.78 Å². The third-order valence-corrected chi connectivity index (χ3v) is 5.13. The summed E-state index contributed by atoms with van der Waals surface area (Å²) < 4.78 is 48.8. The summed E-state index contributed by atoms with van der Waals surface area (Å²) in [6.07, 6.45) is 0. The molecule has 23 heavy (non-hydrogen) atoms. The number of hydrogen-bond acceptors (Lipinski definition) is 5. The lowest BCUT2D eigenvalue weighted by Gasteiger charge is -2.33. The summed E-state index contributed by atoms with van der Waals surface area (Å²) in [5.74, 6) is -3.97. The fourth-order valence-corrected chi connectivity index (χ4v) is 3.29. The first-order valence-corrected chi connectivity index (χ1v) is 8.72. The number of hydrogen-bond donors (Lipinski definition) is 2. The maximum Gasteiger partial charge on any atom is 0.341 e. The van der Waals surface area contributed by atoms with Crippen LogP contribution in [-0.2, 0) is 14.6 Å². The third kappa shape index (κ3) is 4.24. The molecule has 1 fully saturated rings. The summed E-state index contributed by atoms with van der Waals surface area (Å²) in [7, 11) is -4.77. The van der Waals surface area contributed by atoms with Gasteiger partial charge in [0.25, 0.3) is 0 Å². The number of piperazine rings is 1. The van der Waals surface area contributed by atoms with Crippen molar-refractivity contribution < 1.29 is 22.0 Å². The zero-order valence-corrected chi connectivity index (χ0v) is 13.4. The lowest BCUT2D eigenvalue weighted by atomic mass is 10.2. The lowest BCUT2D eigenvalue weighted by molar-refractivity contribution is -0.118. The van der Waals surface area contributed by atoms with Crippen LogP contribution in [0.15, 0.2) is 29.2 Å². The Morgan fingerprint density at radius 2 is 2.13 bits per heavy atom. The number of halogens is 2. The average molecular weight is 347 g/mol. The van der Waals surface area contributed by atoms with Gasteiger partial charge in [-0.25, -0.2) is 8.42 Å². The van der Waals surface area contributed by atoms with Crippen molar-refractivity contribution in [2.24, 2.45) is 0 Å². The summed E-state index contributed by atoms with van der Waals surface area (Å²) in [5.41, 5.74) is -0.124. The molecule has 0 unspecified atom stereocenters. The molecule has 2 rings (SSSR count). The molecule has 1 heterocycles. The first-order valence-electron chi connectivity index (χ1n) is 7.18. The summed E-state index contributed by atoms with van der Waals surface area (Å²) in [6, 6.07) is 5.34. The standard InChI is InChI=1S/C14H19F2N3O3S/c1-10-8-17-6-7-19(10)9-13(20)18-11-4-2-3-5-12(11)23(21,22)14(15)16/h2-5,10,14,17H,6-9H2,1H3,(H,18,20)/t10-/m1/s1. The van der Waals surface area contributed by atoms with E-state index in [9.17, 15) is 22.0 Å². The molecule has 0 aliphatic carbocycles. The molecule has 1 aromatic carbocycles. The van der Waals surface area contributed by atoms with E-state index in [-0.39, 0.29) is 18.3 Å². The van der Waals surface area contributed by atoms with Crippen molar-refractivity contribution in [1.82, 2.24) is 10.2 Å². The molecule has 1 aromatic rings. The van der Waals surface area contributed by atoms with Crippen LogP contribution in [-0.4, -0.2) is 57.2 Å². The van der Waals surface area contributed by atoms with Gasteiger partial charge in [-0.1, -0.05) is 12.1 Å². The van der Waals surface area contributed by atoms with Crippen LogP contribution < -0.4 is 10.6 Å². The van der Waals surface area contributed by atoms with Crippen LogP contribution >= 0.6 is 0 Å². The largest absolute Gasteiger partial charge is 0.341 e. The van der Waals surface area contributed by atoms with E-state index in [1.807, 2.05) is 11.8 Å². The van der Waals surface area contributed by atoms with Gasteiger partial charge in [-0.15, -0.1) is 0 Å². The Morgan fingerprint density at radius 3 is 2.78 bits per heavy atom. The number of alkyl halides is 2. The lowest BCUT2D eigenvalue weighted by Crippen LogP contribution is -2.52. The Bertz CT molecular complexity index is 667. The van der Waals surface area contributed by atoms with Crippen molar-refractivity contribution in [1.29, 1.82) is 0 Å². The molecule has 2 N–H and O–H groups in total. The molecule has 0 spiro atoms. The maximum atomic E-state index is 12.7. The second-order valence-electron chi connectivity index (χ2n) is 5.37. The van der Waals surface area contributed by atoms with E-state index < -0.39 is 26.4 Å². The predicted molar refractivity (Wildman–Crippen MR) is 82.2 cm³/mol. The average Bonchev–Trinajstić information content (AvgIpc) is 2.50. The normalized spacial score (nSPS) is 19.7. The van der Waals surface area contributed by atoms with Gasteiger partial charge in [-0.3, -0.25) is 9.69 Å². The SMILES string of the molecule is C[C@@H]1CNCCN1CC(=O)Nc1ccccc1S(=O)(=O)C(F)F. The second kappa shape index (κ2) is 7.33. The van der Waals surface area contributed by atoms with Crippen molar-refractivity contribution in [3.63, 3.8) is 0 Å². The van der Waals surface area contributed by atoms with Crippen molar-refractivity contribution in [3.8, 4) is 0 Å². The van der Waals surface area contributed by atoms with E-state index in [4.69, 9.17) is 0 Å². The van der Waals surface area contributed by atoms with Crippen LogP contribution in [0.1, 0.15) is 6.92 Å². The van der Waals surface area contributed by atoms with Gasteiger partial charge in [0.05, 0.1) is 17.1 Å². The summed E-state index contributed by atoms with van der Waals surface area (Å²) >= 11 is 0. The highest BCUT2D eigenvalue weighted by atomic mass is 32.2. The quantitative estimate of drug-likeness (QED) is 0.828. The van der Waals surface area contributed by atoms with E-state index in [1.54, 1.807) is 0 Å². The molecule has 1 aliphatic rings. The number of benzene rings is 1. The number of nitrogens with one attached hydrogen (secondary N) is 2. The van der Waals surface area contributed by atoms with Crippen LogP contribution in [0.3, 0.4) is 0 Å². The Morgan fingerprint density at radius 1 is 1.43 bits per heavy atom. The number of carbonyl (C=O) groups excluding carboxylic acids is 1. The van der Waals surface area contributed by atoms with Gasteiger partial charge in [0.1, 0.15) is 0 Å². The van der Waals surface area contributed by atoms with Gasteiger partial charge in [-0.05, 0) is 19.1 Å². The Hall–Kier alpha value is -1.58. The van der Waals surface area contributed by atoms with Crippen molar-refractivity contribution in [2.75, 3.05) is 31.5 Å². The zero-order chi connectivity index (χ0) is 17.0. The minimum atomic E-state index is -4.77. The topological polar surface area (TPSA) is 78.5 Å². The molecular weight excluding hydrogens is 328 g/mol. The summed E-state index contributed by atoms with van der Waals surface area (Å²) in [6.45, 7) is 4.24. The molecule has 1 saturated heterocycles. The number of anilines is 1. The van der Waals surface area contributed by atoms with Crippen LogP contribution in [0.4, 0.5) is 14.5 Å². The number of para-hydroxylation sites is 1. The molecular formula is C14H19F2N3O3S. The van der Waals surface area contributed by atoms with E-state index in [1.165, 1.54) is 18.2 Å². The van der Waals surface area contributed by atoms with Crippen molar-refractivity contribution in [2.45, 2.75) is 23.6 Å². The molecule has 0 aromatic heterocycles. The smallest absolute Gasteiger partial charge is 0.324 e. The van der Waals surface area contributed by atoms with E-state index in [2.05, 4.69) is 10.6 Å². The minimum Gasteiger partial charge on any atom is -0.324 e. The Kier molecular flexibility index (Phi) is 5.66. The molecule has 9 heteroatoms. The zero-order valence-electron chi connectivity index (χ0n) is 12.6. The second-order valence-corrected chi connectivity index (χ2v) is 7.26. The highest BCUT2D eigenvalue weighted by Gasteiger charge is 2.29. The van der Waals surface area contributed by atoms with Gasteiger partial charge < -0.3 is 10.6 Å². The van der Waals surface area contributed by atoms with Crippen molar-refractivity contribution >= 4 is 21.4 Å². The third-order valence-electron chi connectivity index (χ3n) is 3.69. The van der Waals surface area contributed by atoms with Crippen LogP contribution in [0.2, 0.25) is 0 Å². The van der Waals surface area contributed by atoms with E-state index >= 15 is 0 Å². The number of rotatable bonds is 5. The molecule has 1 atom stereocenters. The van der Waals surface area contributed by atoms with E-state index in [0.717, 1.165) is 19.2 Å². The molecule has 6 nitrogen and oxygen atoms in total. The molecule has 0 bridgehead atoms. The van der Waals surface area contributed by atoms with Crippen molar-refractivity contribution in [3.05, 3.63) is 24.3 Å². The number of amides is 1. The summed E-state index contributed by atoms with van der Waals surface area (Å²) in [5, 5.41) is 5.62. The highest BCUT2D eigenvalue weighted by molar-refractivity contribution is 7.91. The fourth-order valence-electron chi connectivity index (χ4n) is 2.41. The molecule has 0 radical (unpaired) electrons.